The van der Waals surface area contributed by atoms with E-state index in [1.165, 1.54) is 148 Å². The summed E-state index contributed by atoms with van der Waals surface area (Å²) in [5, 5.41) is 86.9. The van der Waals surface area contributed by atoms with Crippen LogP contribution in [0.15, 0.2) is 72.9 Å². The lowest BCUT2D eigenvalue weighted by Gasteiger charge is -2.46. The number of aliphatic hydroxyl groups is 8. The predicted molar refractivity (Wildman–Crippen MR) is 318 cm³/mol. The molecule has 79 heavy (non-hydrogen) atoms. The summed E-state index contributed by atoms with van der Waals surface area (Å²) in [6, 6.07) is -0.930. The molecule has 12 atom stereocenters. The Labute approximate surface area is 478 Å². The molecule has 2 fully saturated rings. The number of allylic oxidation sites excluding steroid dienone is 11. The molecule has 0 radical (unpaired) electrons. The summed E-state index contributed by atoms with van der Waals surface area (Å²) >= 11 is 0. The molecule has 458 valence electrons. The summed E-state index contributed by atoms with van der Waals surface area (Å²) in [6.45, 7) is 2.62. The highest BCUT2D eigenvalue weighted by Crippen LogP contribution is 2.30. The minimum Gasteiger partial charge on any atom is -0.394 e. The number of aliphatic hydroxyl groups excluding tert-OH is 8. The Morgan fingerprint density at radius 1 is 0.468 bits per heavy atom. The molecule has 2 aliphatic heterocycles. The average Bonchev–Trinajstić information content (AvgIpc) is 3.47. The van der Waals surface area contributed by atoms with Gasteiger partial charge in [0.25, 0.3) is 0 Å². The van der Waals surface area contributed by atoms with Crippen LogP contribution in [0.1, 0.15) is 239 Å². The molecule has 0 saturated carbocycles. The Morgan fingerprint density at radius 2 is 0.886 bits per heavy atom. The van der Waals surface area contributed by atoms with Crippen molar-refractivity contribution < 1.29 is 64.6 Å². The SMILES string of the molecule is CC/C=C\C/C=C\C/C=C\C/C=C\CCCCCCCCCCCCCCCCCCCCCCCCC(=O)NC(COC1OC(CO)C(OC2OC(CO)C(O)C(O)C2O)C(O)C1O)C(O)/C=C/CC/C=C/CCCCCC. The van der Waals surface area contributed by atoms with E-state index >= 15 is 0 Å². The lowest BCUT2D eigenvalue weighted by atomic mass is 9.97. The fraction of sp³-hybridized carbons (Fsp3) is 0.800. The van der Waals surface area contributed by atoms with Crippen molar-refractivity contribution in [3.63, 3.8) is 0 Å². The maximum absolute atomic E-state index is 13.2. The first-order chi connectivity index (χ1) is 38.6. The standard InChI is InChI=1S/C65H115NO13/c1-3-5-7-9-11-13-15-16-17-18-19-20-21-22-23-24-25-26-27-28-29-30-31-32-33-34-35-36-37-38-39-41-43-45-47-49-57(70)66-53(54(69)48-46-44-42-40-14-12-10-8-6-4-2)52-76-64-62(75)60(73)63(56(51-68)78-64)79-65-61(74)59(72)58(71)55(50-67)77-65/h5,7,11,13-14,16-17,19-20,40,46,48,53-56,58-65,67-69,71-75H,3-4,6,8-10,12,15,18,21-39,41-45,47,49-52H2,1-2H3,(H,66,70)/b7-5-,13-11-,17-16-,20-19-,40-14+,48-46+. The smallest absolute Gasteiger partial charge is 0.220 e. The van der Waals surface area contributed by atoms with Gasteiger partial charge in [-0.05, 0) is 70.6 Å². The number of rotatable bonds is 50. The Kier molecular flexibility index (Phi) is 45.9. The van der Waals surface area contributed by atoms with Gasteiger partial charge in [-0.15, -0.1) is 0 Å². The van der Waals surface area contributed by atoms with Gasteiger partial charge in [0, 0.05) is 6.42 Å². The molecule has 0 bridgehead atoms. The molecule has 2 saturated heterocycles. The van der Waals surface area contributed by atoms with Crippen LogP contribution in [0, 0.1) is 0 Å². The van der Waals surface area contributed by atoms with Gasteiger partial charge in [-0.2, -0.15) is 0 Å². The predicted octanol–water partition coefficient (Wildman–Crippen LogP) is 11.5. The number of carbonyl (C=O) groups excluding carboxylic acids is 1. The molecule has 14 heteroatoms. The molecular weight excluding hydrogens is 1000 g/mol. The van der Waals surface area contributed by atoms with Gasteiger partial charge in [-0.3, -0.25) is 4.79 Å². The van der Waals surface area contributed by atoms with E-state index in [4.69, 9.17) is 18.9 Å². The van der Waals surface area contributed by atoms with Gasteiger partial charge < -0.3 is 65.1 Å². The van der Waals surface area contributed by atoms with Gasteiger partial charge in [-0.25, -0.2) is 0 Å². The van der Waals surface area contributed by atoms with Crippen molar-refractivity contribution in [3.8, 4) is 0 Å². The zero-order valence-corrected chi connectivity index (χ0v) is 49.3. The van der Waals surface area contributed by atoms with Crippen molar-refractivity contribution in [2.75, 3.05) is 19.8 Å². The molecule has 0 aliphatic carbocycles. The minimum atomic E-state index is -1.79. The molecule has 0 aromatic rings. The maximum Gasteiger partial charge on any atom is 0.220 e. The first-order valence-corrected chi connectivity index (χ1v) is 31.7. The summed E-state index contributed by atoms with van der Waals surface area (Å²) in [6.07, 6.45) is 49.9. The average molecular weight is 1120 g/mol. The van der Waals surface area contributed by atoms with Gasteiger partial charge in [0.05, 0.1) is 32.0 Å². The number of nitrogens with one attached hydrogen (secondary N) is 1. The monoisotopic (exact) mass is 1120 g/mol. The fourth-order valence-corrected chi connectivity index (χ4v) is 10.1. The third kappa shape index (κ3) is 35.2. The molecule has 12 unspecified atom stereocenters. The van der Waals surface area contributed by atoms with Crippen LogP contribution in [0.25, 0.3) is 0 Å². The highest BCUT2D eigenvalue weighted by Gasteiger charge is 2.51. The van der Waals surface area contributed by atoms with Crippen LogP contribution in [-0.2, 0) is 23.7 Å². The first-order valence-electron chi connectivity index (χ1n) is 31.7. The van der Waals surface area contributed by atoms with Crippen molar-refractivity contribution in [3.05, 3.63) is 72.9 Å². The van der Waals surface area contributed by atoms with E-state index in [9.17, 15) is 45.6 Å². The van der Waals surface area contributed by atoms with E-state index in [2.05, 4.69) is 79.9 Å². The van der Waals surface area contributed by atoms with Gasteiger partial charge in [0.2, 0.25) is 5.91 Å². The molecule has 2 rings (SSSR count). The zero-order chi connectivity index (χ0) is 57.4. The quantitative estimate of drug-likeness (QED) is 0.0204. The van der Waals surface area contributed by atoms with E-state index in [1.54, 1.807) is 6.08 Å². The minimum absolute atomic E-state index is 0.250. The molecule has 2 aliphatic rings. The Morgan fingerprint density at radius 3 is 1.39 bits per heavy atom. The second-order valence-corrected chi connectivity index (χ2v) is 22.1. The molecule has 14 nitrogen and oxygen atoms in total. The molecule has 2 heterocycles. The van der Waals surface area contributed by atoms with Crippen LogP contribution >= 0.6 is 0 Å². The van der Waals surface area contributed by atoms with Crippen LogP contribution in [0.4, 0.5) is 0 Å². The summed E-state index contributed by atoms with van der Waals surface area (Å²) in [5.74, 6) is -0.250. The second-order valence-electron chi connectivity index (χ2n) is 22.1. The Balaban J connectivity index is 1.58. The molecule has 0 spiro atoms. The molecule has 0 aromatic carbocycles. The highest BCUT2D eigenvalue weighted by atomic mass is 16.7. The van der Waals surface area contributed by atoms with Crippen molar-refractivity contribution in [1.29, 1.82) is 0 Å². The van der Waals surface area contributed by atoms with Crippen LogP contribution in [0.5, 0.6) is 0 Å². The Hall–Kier alpha value is -2.57. The number of amides is 1. The largest absolute Gasteiger partial charge is 0.394 e. The number of ether oxygens (including phenoxy) is 4. The van der Waals surface area contributed by atoms with Crippen molar-refractivity contribution in [1.82, 2.24) is 5.32 Å². The lowest BCUT2D eigenvalue weighted by molar-refractivity contribution is -0.359. The summed E-state index contributed by atoms with van der Waals surface area (Å²) < 4.78 is 22.7. The van der Waals surface area contributed by atoms with Gasteiger partial charge in [-0.1, -0.05) is 234 Å². The van der Waals surface area contributed by atoms with E-state index in [-0.39, 0.29) is 18.9 Å². The molecule has 1 amide bonds. The van der Waals surface area contributed by atoms with Crippen LogP contribution < -0.4 is 5.32 Å². The molecular formula is C65H115NO13. The van der Waals surface area contributed by atoms with Crippen LogP contribution in [-0.4, -0.2) is 140 Å². The summed E-state index contributed by atoms with van der Waals surface area (Å²) in [7, 11) is 0. The van der Waals surface area contributed by atoms with Gasteiger partial charge in [0.15, 0.2) is 12.6 Å². The van der Waals surface area contributed by atoms with Crippen LogP contribution in [0.3, 0.4) is 0 Å². The van der Waals surface area contributed by atoms with E-state index in [0.717, 1.165) is 57.8 Å². The lowest BCUT2D eigenvalue weighted by Crippen LogP contribution is -2.65. The zero-order valence-electron chi connectivity index (χ0n) is 49.3. The van der Waals surface area contributed by atoms with Gasteiger partial charge in [0.1, 0.15) is 48.8 Å². The number of unbranched alkanes of at least 4 members (excludes halogenated alkanes) is 27. The maximum atomic E-state index is 13.2. The van der Waals surface area contributed by atoms with Crippen molar-refractivity contribution in [2.24, 2.45) is 0 Å². The number of hydrogen-bond acceptors (Lipinski definition) is 13. The van der Waals surface area contributed by atoms with E-state index in [0.29, 0.717) is 12.8 Å². The van der Waals surface area contributed by atoms with E-state index in [1.807, 2.05) is 6.08 Å². The fourth-order valence-electron chi connectivity index (χ4n) is 10.1. The number of carbonyl (C=O) groups is 1. The molecule has 9 N–H and O–H groups in total. The van der Waals surface area contributed by atoms with Crippen molar-refractivity contribution >= 4 is 5.91 Å². The second kappa shape index (κ2) is 50.0. The molecule has 0 aromatic heterocycles. The van der Waals surface area contributed by atoms with Crippen molar-refractivity contribution in [2.45, 2.75) is 312 Å². The number of hydrogen-bond donors (Lipinski definition) is 9. The highest BCUT2D eigenvalue weighted by molar-refractivity contribution is 5.76. The summed E-state index contributed by atoms with van der Waals surface area (Å²) in [4.78, 5) is 13.2. The third-order valence-electron chi connectivity index (χ3n) is 15.1. The first kappa shape index (κ1) is 72.5. The topological polar surface area (TPSA) is 228 Å². The summed E-state index contributed by atoms with van der Waals surface area (Å²) in [5.41, 5.74) is 0. The Bertz CT molecular complexity index is 1600. The van der Waals surface area contributed by atoms with E-state index < -0.39 is 86.8 Å². The third-order valence-corrected chi connectivity index (χ3v) is 15.1. The normalized spacial score (nSPS) is 24.9. The van der Waals surface area contributed by atoms with Crippen LogP contribution in [0.2, 0.25) is 0 Å². The van der Waals surface area contributed by atoms with Gasteiger partial charge >= 0.3 is 0 Å².